The molecule has 4 nitrogen and oxygen atoms in total. The van der Waals surface area contributed by atoms with E-state index in [-0.39, 0.29) is 0 Å². The average molecular weight is 224 g/mol. The van der Waals surface area contributed by atoms with Gasteiger partial charge in [-0.25, -0.2) is 4.98 Å². The molecule has 0 amide bonds. The van der Waals surface area contributed by atoms with E-state index >= 15 is 0 Å². The van der Waals surface area contributed by atoms with Crippen LogP contribution in [0.15, 0.2) is 42.6 Å². The third kappa shape index (κ3) is 1.54. The molecule has 0 aliphatic rings. The Morgan fingerprint density at radius 3 is 2.82 bits per heavy atom. The van der Waals surface area contributed by atoms with Crippen LogP contribution in [0.2, 0.25) is 0 Å². The molecule has 2 heterocycles. The number of aryl methyl sites for hydroxylation is 1. The third-order valence-electron chi connectivity index (χ3n) is 2.81. The molecular weight excluding hydrogens is 212 g/mol. The maximum absolute atomic E-state index is 5.95. The molecule has 84 valence electrons. The molecule has 1 aromatic carbocycles. The topological polar surface area (TPSA) is 56.2 Å². The number of hydrogen-bond donors (Lipinski definition) is 1. The summed E-state index contributed by atoms with van der Waals surface area (Å²) >= 11 is 0. The lowest BCUT2D eigenvalue weighted by atomic mass is 10.1. The highest BCUT2D eigenvalue weighted by Gasteiger charge is 2.07. The number of benzene rings is 1. The predicted octanol–water partition coefficient (Wildman–Crippen LogP) is 2.29. The Kier molecular flexibility index (Phi) is 2.08. The second-order valence-electron chi connectivity index (χ2n) is 3.98. The number of hydrogen-bond acceptors (Lipinski definition) is 3. The maximum atomic E-state index is 5.95. The van der Waals surface area contributed by atoms with Crippen LogP contribution in [0.4, 0.5) is 5.82 Å². The Balaban J connectivity index is 2.28. The van der Waals surface area contributed by atoms with Crippen LogP contribution < -0.4 is 5.73 Å². The molecule has 3 rings (SSSR count). The molecule has 0 saturated carbocycles. The first-order valence-corrected chi connectivity index (χ1v) is 5.42. The second kappa shape index (κ2) is 3.59. The van der Waals surface area contributed by atoms with E-state index in [1.165, 1.54) is 5.56 Å². The monoisotopic (exact) mass is 224 g/mol. The largest absolute Gasteiger partial charge is 0.384 e. The van der Waals surface area contributed by atoms with Crippen LogP contribution in [-0.4, -0.2) is 14.6 Å². The van der Waals surface area contributed by atoms with Crippen molar-refractivity contribution in [3.05, 3.63) is 48.2 Å². The molecule has 2 aromatic heterocycles. The van der Waals surface area contributed by atoms with Crippen LogP contribution in [0.3, 0.4) is 0 Å². The van der Waals surface area contributed by atoms with Gasteiger partial charge in [-0.3, -0.25) is 0 Å². The normalized spacial score (nSPS) is 10.9. The first kappa shape index (κ1) is 9.84. The number of nitrogens with two attached hydrogens (primary N) is 1. The van der Waals surface area contributed by atoms with E-state index in [1.54, 1.807) is 10.7 Å². The van der Waals surface area contributed by atoms with Gasteiger partial charge < -0.3 is 5.73 Å². The van der Waals surface area contributed by atoms with Crippen LogP contribution in [0.1, 0.15) is 5.56 Å². The molecule has 0 saturated heterocycles. The van der Waals surface area contributed by atoms with Gasteiger partial charge in [-0.15, -0.1) is 0 Å². The van der Waals surface area contributed by atoms with E-state index in [0.717, 1.165) is 16.9 Å². The molecule has 0 aliphatic carbocycles. The van der Waals surface area contributed by atoms with E-state index < -0.39 is 0 Å². The summed E-state index contributed by atoms with van der Waals surface area (Å²) in [4.78, 5) is 4.55. The minimum atomic E-state index is 0.596. The summed E-state index contributed by atoms with van der Waals surface area (Å²) in [6.07, 6.45) is 1.69. The number of nitrogen functional groups attached to an aromatic ring is 1. The fourth-order valence-electron chi connectivity index (χ4n) is 1.94. The van der Waals surface area contributed by atoms with Gasteiger partial charge in [-0.2, -0.15) is 9.61 Å². The number of aromatic nitrogens is 3. The summed E-state index contributed by atoms with van der Waals surface area (Å²) in [5.41, 5.74) is 9.88. The van der Waals surface area contributed by atoms with E-state index in [4.69, 9.17) is 5.73 Å². The zero-order valence-corrected chi connectivity index (χ0v) is 9.46. The lowest BCUT2D eigenvalue weighted by Gasteiger charge is -2.07. The summed E-state index contributed by atoms with van der Waals surface area (Å²) < 4.78 is 1.63. The van der Waals surface area contributed by atoms with Crippen LogP contribution in [-0.2, 0) is 0 Å². The molecule has 0 bridgehead atoms. The Labute approximate surface area is 98.7 Å². The van der Waals surface area contributed by atoms with Crippen molar-refractivity contribution in [1.82, 2.24) is 14.6 Å². The molecule has 2 N–H and O–H groups in total. The highest BCUT2D eigenvalue weighted by molar-refractivity contribution is 5.68. The number of anilines is 1. The molecule has 0 spiro atoms. The highest BCUT2D eigenvalue weighted by Crippen LogP contribution is 2.23. The standard InChI is InChI=1S/C13H12N4/c1-9-4-2-3-5-10(9)11-8-12(14)17-13(16-11)6-7-15-17/h2-8H,14H2,1H3. The summed E-state index contributed by atoms with van der Waals surface area (Å²) in [6.45, 7) is 2.06. The molecule has 17 heavy (non-hydrogen) atoms. The van der Waals surface area contributed by atoms with Gasteiger partial charge in [0.25, 0.3) is 0 Å². The minimum absolute atomic E-state index is 0.596. The summed E-state index contributed by atoms with van der Waals surface area (Å²) in [7, 11) is 0. The van der Waals surface area contributed by atoms with Gasteiger partial charge >= 0.3 is 0 Å². The van der Waals surface area contributed by atoms with Crippen LogP contribution in [0.5, 0.6) is 0 Å². The average Bonchev–Trinajstić information content (AvgIpc) is 2.78. The SMILES string of the molecule is Cc1ccccc1-c1cc(N)n2nccc2n1. The number of nitrogens with zero attached hydrogens (tertiary/aromatic N) is 3. The van der Waals surface area contributed by atoms with Crippen molar-refractivity contribution in [1.29, 1.82) is 0 Å². The fourth-order valence-corrected chi connectivity index (χ4v) is 1.94. The van der Waals surface area contributed by atoms with Crippen molar-refractivity contribution in [2.24, 2.45) is 0 Å². The Bertz CT molecular complexity index is 685. The van der Waals surface area contributed by atoms with E-state index in [2.05, 4.69) is 23.1 Å². The zero-order chi connectivity index (χ0) is 11.8. The zero-order valence-electron chi connectivity index (χ0n) is 9.46. The Morgan fingerprint density at radius 1 is 1.18 bits per heavy atom. The third-order valence-corrected chi connectivity index (χ3v) is 2.81. The summed E-state index contributed by atoms with van der Waals surface area (Å²) in [5, 5.41) is 4.10. The highest BCUT2D eigenvalue weighted by atomic mass is 15.3. The first-order chi connectivity index (χ1) is 8.25. The summed E-state index contributed by atoms with van der Waals surface area (Å²) in [6, 6.07) is 11.8. The van der Waals surface area contributed by atoms with Crippen molar-refractivity contribution in [3.63, 3.8) is 0 Å². The minimum Gasteiger partial charge on any atom is -0.384 e. The smallest absolute Gasteiger partial charge is 0.157 e. The number of rotatable bonds is 1. The second-order valence-corrected chi connectivity index (χ2v) is 3.98. The van der Waals surface area contributed by atoms with Crippen molar-refractivity contribution in [2.75, 3.05) is 5.73 Å². The summed E-state index contributed by atoms with van der Waals surface area (Å²) in [5.74, 6) is 0.596. The molecule has 0 fully saturated rings. The molecular formula is C13H12N4. The molecule has 4 heteroatoms. The van der Waals surface area contributed by atoms with Gasteiger partial charge in [-0.1, -0.05) is 24.3 Å². The van der Waals surface area contributed by atoms with Gasteiger partial charge in [0, 0.05) is 17.7 Å². The molecule has 0 aliphatic heterocycles. The fraction of sp³-hybridized carbons (Fsp3) is 0.0769. The predicted molar refractivity (Wildman–Crippen MR) is 67.6 cm³/mol. The molecule has 0 atom stereocenters. The van der Waals surface area contributed by atoms with Crippen molar-refractivity contribution >= 4 is 11.5 Å². The molecule has 3 aromatic rings. The maximum Gasteiger partial charge on any atom is 0.157 e. The first-order valence-electron chi connectivity index (χ1n) is 5.42. The van der Waals surface area contributed by atoms with Gasteiger partial charge in [-0.05, 0) is 12.5 Å². The van der Waals surface area contributed by atoms with E-state index in [0.29, 0.717) is 5.82 Å². The van der Waals surface area contributed by atoms with E-state index in [9.17, 15) is 0 Å². The molecule has 0 unspecified atom stereocenters. The van der Waals surface area contributed by atoms with Crippen LogP contribution >= 0.6 is 0 Å². The van der Waals surface area contributed by atoms with E-state index in [1.807, 2.05) is 30.3 Å². The number of fused-ring (bicyclic) bond motifs is 1. The van der Waals surface area contributed by atoms with Gasteiger partial charge in [0.2, 0.25) is 0 Å². The lowest BCUT2D eigenvalue weighted by molar-refractivity contribution is 0.953. The van der Waals surface area contributed by atoms with Gasteiger partial charge in [0.05, 0.1) is 11.9 Å². The Hall–Kier alpha value is -2.36. The van der Waals surface area contributed by atoms with Gasteiger partial charge in [0.15, 0.2) is 5.65 Å². The lowest BCUT2D eigenvalue weighted by Crippen LogP contribution is -2.01. The molecule has 0 radical (unpaired) electrons. The van der Waals surface area contributed by atoms with Crippen LogP contribution in [0.25, 0.3) is 16.9 Å². The van der Waals surface area contributed by atoms with Crippen LogP contribution in [0, 0.1) is 6.92 Å². The van der Waals surface area contributed by atoms with Crippen molar-refractivity contribution in [2.45, 2.75) is 6.92 Å². The Morgan fingerprint density at radius 2 is 2.00 bits per heavy atom. The van der Waals surface area contributed by atoms with Gasteiger partial charge in [0.1, 0.15) is 5.82 Å². The van der Waals surface area contributed by atoms with Crippen molar-refractivity contribution < 1.29 is 0 Å². The quantitative estimate of drug-likeness (QED) is 0.690. The van der Waals surface area contributed by atoms with Crippen molar-refractivity contribution in [3.8, 4) is 11.3 Å².